The first-order valence-corrected chi connectivity index (χ1v) is 7.03. The molecular weight excluding hydrogens is 324 g/mol. The van der Waals surface area contributed by atoms with E-state index in [0.717, 1.165) is 0 Å². The van der Waals surface area contributed by atoms with E-state index in [1.54, 1.807) is 17.8 Å². The lowest BCUT2D eigenvalue weighted by molar-refractivity contribution is -0.0228. The minimum atomic E-state index is -0.573. The smallest absolute Gasteiger partial charge is 0.315 e. The lowest BCUT2D eigenvalue weighted by Gasteiger charge is -2.11. The monoisotopic (exact) mass is 340 g/mol. The maximum Gasteiger partial charge on any atom is 0.330 e. The van der Waals surface area contributed by atoms with Gasteiger partial charge in [0, 0.05) is 30.6 Å². The lowest BCUT2D eigenvalue weighted by atomic mass is 10.3. The molecule has 0 unspecified atom stereocenters. The largest absolute Gasteiger partial charge is 0.330 e. The van der Waals surface area contributed by atoms with Crippen LogP contribution in [0.25, 0.3) is 0 Å². The standard InChI is InChI=1S/C12H16N6O4S/c1-13-4-8-5-18(12(23)16-10(8)20)6-14-22-7-17-3-2-9(19)15-11(17)21/h2-3,5,13-14H,4,6-7H2,1H3,(H,15,19,21)(H,16,20,23). The molecule has 0 aromatic carbocycles. The fourth-order valence-corrected chi connectivity index (χ4v) is 1.97. The van der Waals surface area contributed by atoms with Gasteiger partial charge in [-0.05, 0) is 19.3 Å². The highest BCUT2D eigenvalue weighted by atomic mass is 32.1. The van der Waals surface area contributed by atoms with Gasteiger partial charge in [0.25, 0.3) is 11.1 Å². The quantitative estimate of drug-likeness (QED) is 0.278. The second-order valence-electron chi connectivity index (χ2n) is 4.57. The first-order chi connectivity index (χ1) is 11.0. The van der Waals surface area contributed by atoms with Crippen LogP contribution in [0.15, 0.2) is 32.8 Å². The van der Waals surface area contributed by atoms with Crippen molar-refractivity contribution in [2.45, 2.75) is 19.9 Å². The highest BCUT2D eigenvalue weighted by molar-refractivity contribution is 7.71. The molecule has 124 valence electrons. The summed E-state index contributed by atoms with van der Waals surface area (Å²) in [4.78, 5) is 43.9. The molecule has 23 heavy (non-hydrogen) atoms. The SMILES string of the molecule is CNCc1cn(CNOCn2ccc(=O)[nH]c2=O)c(=S)[nH]c1=O. The molecule has 2 aromatic rings. The van der Waals surface area contributed by atoms with Gasteiger partial charge in [-0.1, -0.05) is 0 Å². The zero-order valence-corrected chi connectivity index (χ0v) is 13.1. The Morgan fingerprint density at radius 3 is 2.74 bits per heavy atom. The third-order valence-corrected chi connectivity index (χ3v) is 3.23. The molecule has 4 N–H and O–H groups in total. The van der Waals surface area contributed by atoms with Crippen molar-refractivity contribution < 1.29 is 4.84 Å². The molecule has 11 heteroatoms. The number of nitrogens with zero attached hydrogens (tertiary/aromatic N) is 2. The maximum atomic E-state index is 11.7. The summed E-state index contributed by atoms with van der Waals surface area (Å²) in [6, 6.07) is 1.22. The van der Waals surface area contributed by atoms with Crippen molar-refractivity contribution in [2.24, 2.45) is 0 Å². The van der Waals surface area contributed by atoms with E-state index in [0.29, 0.717) is 12.1 Å². The molecule has 2 rings (SSSR count). The van der Waals surface area contributed by atoms with Crippen LogP contribution in [0.4, 0.5) is 0 Å². The minimum Gasteiger partial charge on any atom is -0.315 e. The molecule has 0 saturated heterocycles. The highest BCUT2D eigenvalue weighted by Gasteiger charge is 2.02. The predicted octanol–water partition coefficient (Wildman–Crippen LogP) is -1.39. The van der Waals surface area contributed by atoms with Crippen molar-refractivity contribution in [3.8, 4) is 0 Å². The van der Waals surface area contributed by atoms with Gasteiger partial charge in [-0.15, -0.1) is 0 Å². The second kappa shape index (κ2) is 7.78. The zero-order valence-electron chi connectivity index (χ0n) is 12.3. The summed E-state index contributed by atoms with van der Waals surface area (Å²) in [5, 5.41) is 2.88. The molecule has 0 aliphatic carbocycles. The van der Waals surface area contributed by atoms with Gasteiger partial charge in [0.2, 0.25) is 0 Å². The highest BCUT2D eigenvalue weighted by Crippen LogP contribution is 1.92. The van der Waals surface area contributed by atoms with E-state index in [-0.39, 0.29) is 23.7 Å². The van der Waals surface area contributed by atoms with Crippen LogP contribution in [0.3, 0.4) is 0 Å². The number of hydroxylamine groups is 1. The van der Waals surface area contributed by atoms with Gasteiger partial charge in [0.1, 0.15) is 6.73 Å². The molecule has 2 aromatic heterocycles. The Morgan fingerprint density at radius 1 is 1.26 bits per heavy atom. The van der Waals surface area contributed by atoms with Gasteiger partial charge < -0.3 is 9.88 Å². The zero-order chi connectivity index (χ0) is 16.8. The minimum absolute atomic E-state index is 0.102. The summed E-state index contributed by atoms with van der Waals surface area (Å²) in [6.45, 7) is 0.471. The number of aromatic nitrogens is 4. The van der Waals surface area contributed by atoms with E-state index in [1.165, 1.54) is 16.8 Å². The topological polar surface area (TPSA) is 126 Å². The van der Waals surface area contributed by atoms with E-state index in [9.17, 15) is 14.4 Å². The van der Waals surface area contributed by atoms with Crippen molar-refractivity contribution in [1.29, 1.82) is 0 Å². The van der Waals surface area contributed by atoms with Gasteiger partial charge in [0.15, 0.2) is 4.77 Å². The molecule has 0 saturated carbocycles. The Bertz CT molecular complexity index is 896. The van der Waals surface area contributed by atoms with Crippen LogP contribution in [-0.4, -0.2) is 26.1 Å². The van der Waals surface area contributed by atoms with Crippen LogP contribution >= 0.6 is 12.2 Å². The van der Waals surface area contributed by atoms with Crippen LogP contribution in [0.5, 0.6) is 0 Å². The molecule has 10 nitrogen and oxygen atoms in total. The molecular formula is C12H16N6O4S. The summed E-state index contributed by atoms with van der Waals surface area (Å²) < 4.78 is 3.00. The van der Waals surface area contributed by atoms with Crippen LogP contribution < -0.4 is 27.6 Å². The normalized spacial score (nSPS) is 10.8. The molecule has 0 aliphatic heterocycles. The van der Waals surface area contributed by atoms with Crippen molar-refractivity contribution >= 4 is 12.2 Å². The molecule has 0 spiro atoms. The Morgan fingerprint density at radius 2 is 2.04 bits per heavy atom. The molecule has 0 aliphatic rings. The van der Waals surface area contributed by atoms with E-state index in [2.05, 4.69) is 20.8 Å². The number of aromatic amines is 2. The number of hydrogen-bond donors (Lipinski definition) is 4. The van der Waals surface area contributed by atoms with Crippen molar-refractivity contribution in [3.05, 3.63) is 60.0 Å². The van der Waals surface area contributed by atoms with Crippen LogP contribution in [0, 0.1) is 4.77 Å². The maximum absolute atomic E-state index is 11.7. The van der Waals surface area contributed by atoms with Crippen LogP contribution in [0.1, 0.15) is 5.56 Å². The number of rotatable bonds is 7. The number of H-pyrrole nitrogens is 2. The first kappa shape index (κ1) is 17.0. The third-order valence-electron chi connectivity index (χ3n) is 2.89. The fourth-order valence-electron chi connectivity index (χ4n) is 1.76. The average molecular weight is 340 g/mol. The van der Waals surface area contributed by atoms with Gasteiger partial charge in [0.05, 0.1) is 6.67 Å². The van der Waals surface area contributed by atoms with Crippen LogP contribution in [0.2, 0.25) is 0 Å². The van der Waals surface area contributed by atoms with E-state index < -0.39 is 11.2 Å². The summed E-state index contributed by atoms with van der Waals surface area (Å²) in [7, 11) is 1.73. The van der Waals surface area contributed by atoms with E-state index in [4.69, 9.17) is 17.1 Å². The van der Waals surface area contributed by atoms with Crippen molar-refractivity contribution in [2.75, 3.05) is 7.05 Å². The van der Waals surface area contributed by atoms with Crippen LogP contribution in [-0.2, 0) is 24.8 Å². The Hall–Kier alpha value is -2.34. The second-order valence-corrected chi connectivity index (χ2v) is 4.96. The molecule has 2 heterocycles. The summed E-state index contributed by atoms with van der Waals surface area (Å²) in [5.41, 5.74) is 1.85. The molecule has 0 amide bonds. The lowest BCUT2D eigenvalue weighted by Crippen LogP contribution is -2.32. The van der Waals surface area contributed by atoms with Crippen molar-refractivity contribution in [1.82, 2.24) is 29.9 Å². The number of nitrogens with one attached hydrogen (secondary N) is 4. The average Bonchev–Trinajstić information content (AvgIpc) is 2.49. The molecule has 0 atom stereocenters. The Balaban J connectivity index is 1.97. The van der Waals surface area contributed by atoms with Gasteiger partial charge in [-0.2, -0.15) is 5.48 Å². The molecule has 0 radical (unpaired) electrons. The van der Waals surface area contributed by atoms with Gasteiger partial charge in [-0.25, -0.2) is 4.79 Å². The summed E-state index contributed by atoms with van der Waals surface area (Å²) in [6.07, 6.45) is 2.93. The Kier molecular flexibility index (Phi) is 5.76. The van der Waals surface area contributed by atoms with E-state index in [1.807, 2.05) is 0 Å². The summed E-state index contributed by atoms with van der Waals surface area (Å²) >= 11 is 5.06. The number of hydrogen-bond acceptors (Lipinski definition) is 7. The fraction of sp³-hybridized carbons (Fsp3) is 0.333. The molecule has 0 bridgehead atoms. The first-order valence-electron chi connectivity index (χ1n) is 6.63. The van der Waals surface area contributed by atoms with Gasteiger partial charge >= 0.3 is 5.69 Å². The van der Waals surface area contributed by atoms with Gasteiger partial charge in [-0.3, -0.25) is 29.0 Å². The summed E-state index contributed by atoms with van der Waals surface area (Å²) in [5.74, 6) is 0. The van der Waals surface area contributed by atoms with Crippen molar-refractivity contribution in [3.63, 3.8) is 0 Å². The molecule has 0 fully saturated rings. The Labute approximate surface area is 134 Å². The predicted molar refractivity (Wildman–Crippen MR) is 84.2 cm³/mol. The van der Waals surface area contributed by atoms with E-state index >= 15 is 0 Å². The third kappa shape index (κ3) is 4.56.